The van der Waals surface area contributed by atoms with Gasteiger partial charge in [-0.05, 0) is 31.9 Å². The molecule has 1 aliphatic heterocycles. The lowest BCUT2D eigenvalue weighted by Crippen LogP contribution is -2.49. The van der Waals surface area contributed by atoms with Crippen LogP contribution >= 0.6 is 11.8 Å². The van der Waals surface area contributed by atoms with Gasteiger partial charge in [0.25, 0.3) is 11.7 Å². The van der Waals surface area contributed by atoms with Gasteiger partial charge in [-0.2, -0.15) is 13.8 Å². The largest absolute Gasteiger partial charge is 0.353 e. The number of anilines is 2. The summed E-state index contributed by atoms with van der Waals surface area (Å²) < 4.78 is 25.7. The average Bonchev–Trinajstić information content (AvgIpc) is 2.79. The van der Waals surface area contributed by atoms with Crippen LogP contribution in [0.1, 0.15) is 48.2 Å². The number of hydrogen-bond acceptors (Lipinski definition) is 6. The highest BCUT2D eigenvalue weighted by atomic mass is 32.2. The van der Waals surface area contributed by atoms with Crippen molar-refractivity contribution >= 4 is 29.4 Å². The molecule has 6 nitrogen and oxygen atoms in total. The number of amides is 1. The van der Waals surface area contributed by atoms with Crippen molar-refractivity contribution in [2.24, 2.45) is 0 Å². The first-order valence-electron chi connectivity index (χ1n) is 11.2. The zero-order valence-corrected chi connectivity index (χ0v) is 19.1. The third-order valence-corrected chi connectivity index (χ3v) is 6.79. The van der Waals surface area contributed by atoms with E-state index in [9.17, 15) is 13.6 Å². The van der Waals surface area contributed by atoms with E-state index in [4.69, 9.17) is 4.98 Å². The van der Waals surface area contributed by atoms with Gasteiger partial charge in [0.05, 0.1) is 5.56 Å². The van der Waals surface area contributed by atoms with E-state index in [1.165, 1.54) is 19.3 Å². The SMILES string of the molecule is Cc1cc(N2CCN(C(=O)c3ccccc3SC(F)F)CC2)nc(NC2CCCCC2)n1. The molecule has 2 aromatic rings. The lowest BCUT2D eigenvalue weighted by atomic mass is 9.96. The van der Waals surface area contributed by atoms with Crippen LogP contribution in [0.4, 0.5) is 20.5 Å². The van der Waals surface area contributed by atoms with E-state index in [1.54, 1.807) is 29.2 Å². The zero-order valence-electron chi connectivity index (χ0n) is 18.3. The molecule has 4 rings (SSSR count). The van der Waals surface area contributed by atoms with E-state index < -0.39 is 5.76 Å². The van der Waals surface area contributed by atoms with Crippen molar-refractivity contribution in [3.8, 4) is 0 Å². The highest BCUT2D eigenvalue weighted by molar-refractivity contribution is 7.99. The molecule has 0 atom stereocenters. The molecule has 1 N–H and O–H groups in total. The number of thioether (sulfide) groups is 1. The summed E-state index contributed by atoms with van der Waals surface area (Å²) in [6.07, 6.45) is 6.08. The first-order chi connectivity index (χ1) is 15.5. The predicted octanol–water partition coefficient (Wildman–Crippen LogP) is 4.81. The molecule has 1 saturated carbocycles. The Hall–Kier alpha value is -2.42. The Morgan fingerprint density at radius 2 is 1.81 bits per heavy atom. The molecule has 2 fully saturated rings. The molecular weight excluding hydrogens is 432 g/mol. The Morgan fingerprint density at radius 3 is 2.53 bits per heavy atom. The second-order valence-electron chi connectivity index (χ2n) is 8.32. The van der Waals surface area contributed by atoms with Gasteiger partial charge in [-0.3, -0.25) is 4.79 Å². The minimum Gasteiger partial charge on any atom is -0.353 e. The monoisotopic (exact) mass is 461 g/mol. The number of benzene rings is 1. The van der Waals surface area contributed by atoms with Crippen molar-refractivity contribution in [2.45, 2.75) is 55.7 Å². The van der Waals surface area contributed by atoms with E-state index in [0.717, 1.165) is 24.4 Å². The average molecular weight is 462 g/mol. The quantitative estimate of drug-likeness (QED) is 0.623. The van der Waals surface area contributed by atoms with Crippen LogP contribution < -0.4 is 10.2 Å². The number of carbonyl (C=O) groups is 1. The maximum Gasteiger partial charge on any atom is 0.288 e. The number of carbonyl (C=O) groups excluding carboxylic acids is 1. The molecular formula is C23H29F2N5OS. The Morgan fingerprint density at radius 1 is 1.09 bits per heavy atom. The molecule has 1 aromatic heterocycles. The van der Waals surface area contributed by atoms with Gasteiger partial charge in [-0.1, -0.05) is 43.2 Å². The van der Waals surface area contributed by atoms with E-state index in [1.807, 2.05) is 13.0 Å². The topological polar surface area (TPSA) is 61.4 Å². The molecule has 1 aromatic carbocycles. The number of aromatic nitrogens is 2. The molecule has 1 amide bonds. The van der Waals surface area contributed by atoms with Gasteiger partial charge in [0.1, 0.15) is 5.82 Å². The van der Waals surface area contributed by atoms with Crippen LogP contribution in [0.2, 0.25) is 0 Å². The van der Waals surface area contributed by atoms with Crippen molar-refractivity contribution in [3.05, 3.63) is 41.6 Å². The highest BCUT2D eigenvalue weighted by Crippen LogP contribution is 2.29. The zero-order chi connectivity index (χ0) is 22.5. The fraction of sp³-hybridized carbons (Fsp3) is 0.522. The minimum atomic E-state index is -2.56. The summed E-state index contributed by atoms with van der Waals surface area (Å²) in [7, 11) is 0. The summed E-state index contributed by atoms with van der Waals surface area (Å²) in [5.74, 6) is -1.23. The van der Waals surface area contributed by atoms with Crippen molar-refractivity contribution in [2.75, 3.05) is 36.4 Å². The molecule has 32 heavy (non-hydrogen) atoms. The summed E-state index contributed by atoms with van der Waals surface area (Å²) in [5, 5.41) is 3.49. The fourth-order valence-corrected chi connectivity index (χ4v) is 4.99. The molecule has 0 radical (unpaired) electrons. The van der Waals surface area contributed by atoms with Gasteiger partial charge in [-0.15, -0.1) is 0 Å². The smallest absolute Gasteiger partial charge is 0.288 e. The van der Waals surface area contributed by atoms with Crippen molar-refractivity contribution in [3.63, 3.8) is 0 Å². The Balaban J connectivity index is 1.40. The Kier molecular flexibility index (Phi) is 7.44. The molecule has 1 saturated heterocycles. The molecule has 2 aliphatic rings. The minimum absolute atomic E-state index is 0.202. The molecule has 172 valence electrons. The van der Waals surface area contributed by atoms with Crippen LogP contribution in [0.15, 0.2) is 35.2 Å². The Bertz CT molecular complexity index is 930. The maximum atomic E-state index is 13.0. The van der Waals surface area contributed by atoms with E-state index in [-0.39, 0.29) is 5.91 Å². The van der Waals surface area contributed by atoms with E-state index in [2.05, 4.69) is 15.2 Å². The third kappa shape index (κ3) is 5.68. The molecule has 2 heterocycles. The van der Waals surface area contributed by atoms with E-state index in [0.29, 0.717) is 60.4 Å². The first kappa shape index (κ1) is 22.8. The van der Waals surface area contributed by atoms with Crippen molar-refractivity contribution in [1.29, 1.82) is 0 Å². The number of nitrogens with zero attached hydrogens (tertiary/aromatic N) is 4. The first-order valence-corrected chi connectivity index (χ1v) is 12.1. The molecule has 0 spiro atoms. The van der Waals surface area contributed by atoms with E-state index >= 15 is 0 Å². The summed E-state index contributed by atoms with van der Waals surface area (Å²) in [4.78, 5) is 26.5. The Labute approximate surface area is 191 Å². The van der Waals surface area contributed by atoms with Gasteiger partial charge in [-0.25, -0.2) is 4.98 Å². The molecule has 0 unspecified atom stereocenters. The van der Waals surface area contributed by atoms with Gasteiger partial charge >= 0.3 is 0 Å². The fourth-order valence-electron chi connectivity index (χ4n) is 4.36. The maximum absolute atomic E-state index is 13.0. The molecule has 0 bridgehead atoms. The summed E-state index contributed by atoms with van der Waals surface area (Å²) in [6.45, 7) is 4.26. The second kappa shape index (κ2) is 10.5. The highest BCUT2D eigenvalue weighted by Gasteiger charge is 2.26. The summed E-state index contributed by atoms with van der Waals surface area (Å²) in [5.41, 5.74) is 1.24. The third-order valence-electron chi connectivity index (χ3n) is 6.00. The predicted molar refractivity (Wildman–Crippen MR) is 124 cm³/mol. The molecule has 1 aliphatic carbocycles. The number of rotatable bonds is 6. The number of hydrogen-bond donors (Lipinski definition) is 1. The van der Waals surface area contributed by atoms with Crippen LogP contribution in [-0.4, -0.2) is 58.8 Å². The summed E-state index contributed by atoms with van der Waals surface area (Å²) >= 11 is 0.417. The van der Waals surface area contributed by atoms with Crippen LogP contribution in [0.3, 0.4) is 0 Å². The lowest BCUT2D eigenvalue weighted by molar-refractivity contribution is 0.0743. The lowest BCUT2D eigenvalue weighted by Gasteiger charge is -2.36. The second-order valence-corrected chi connectivity index (χ2v) is 9.36. The number of piperazine rings is 1. The van der Waals surface area contributed by atoms with Crippen molar-refractivity contribution < 1.29 is 13.6 Å². The van der Waals surface area contributed by atoms with Crippen LogP contribution in [0.25, 0.3) is 0 Å². The van der Waals surface area contributed by atoms with Crippen LogP contribution in [0.5, 0.6) is 0 Å². The summed E-state index contributed by atoms with van der Waals surface area (Å²) in [6, 6.07) is 8.98. The number of aryl methyl sites for hydroxylation is 1. The number of alkyl halides is 2. The standard InChI is InChI=1S/C23H29F2N5OS/c1-16-15-20(28-23(26-16)27-17-7-3-2-4-8-17)29-11-13-30(14-12-29)21(31)18-9-5-6-10-19(18)32-22(24)25/h5-6,9-10,15,17,22H,2-4,7-8,11-14H2,1H3,(H,26,27,28). The van der Waals surface area contributed by atoms with Gasteiger partial charge < -0.3 is 15.1 Å². The van der Waals surface area contributed by atoms with Gasteiger partial charge in [0.15, 0.2) is 0 Å². The number of nitrogens with one attached hydrogen (secondary N) is 1. The molecule has 9 heteroatoms. The van der Waals surface area contributed by atoms with Crippen LogP contribution in [-0.2, 0) is 0 Å². The number of halogens is 2. The normalized spacial score (nSPS) is 17.6. The van der Waals surface area contributed by atoms with Gasteiger partial charge in [0, 0.05) is 48.9 Å². The van der Waals surface area contributed by atoms with Crippen molar-refractivity contribution in [1.82, 2.24) is 14.9 Å². The van der Waals surface area contributed by atoms with Gasteiger partial charge in [0.2, 0.25) is 5.95 Å². The van der Waals surface area contributed by atoms with Crippen LogP contribution in [0, 0.1) is 6.92 Å².